The summed E-state index contributed by atoms with van der Waals surface area (Å²) in [6.07, 6.45) is 1.88. The zero-order valence-corrected chi connectivity index (χ0v) is 6.03. The highest BCUT2D eigenvalue weighted by Crippen LogP contribution is 2.09. The van der Waals surface area contributed by atoms with Crippen LogP contribution in [0.25, 0.3) is 0 Å². The summed E-state index contributed by atoms with van der Waals surface area (Å²) < 4.78 is 12.2. The van der Waals surface area contributed by atoms with Gasteiger partial charge in [0, 0.05) is 25.7 Å². The van der Waals surface area contributed by atoms with Gasteiger partial charge < -0.3 is 5.11 Å². The molecule has 1 rings (SSSR count). The number of rotatable bonds is 3. The Morgan fingerprint density at radius 2 is 2.36 bits per heavy atom. The van der Waals surface area contributed by atoms with Crippen molar-refractivity contribution in [3.8, 4) is 0 Å². The number of aliphatic carboxylic acids is 1. The van der Waals surface area contributed by atoms with Gasteiger partial charge in [-0.05, 0) is 0 Å². The van der Waals surface area contributed by atoms with E-state index in [0.717, 1.165) is 6.08 Å². The quantitative estimate of drug-likeness (QED) is 0.601. The molecule has 1 fully saturated rings. The second-order valence-electron chi connectivity index (χ2n) is 2.56. The average molecular weight is 159 g/mol. The Labute approximate surface area is 64.1 Å². The maximum atomic E-state index is 12.2. The van der Waals surface area contributed by atoms with Gasteiger partial charge in [-0.1, -0.05) is 6.08 Å². The first-order valence-electron chi connectivity index (χ1n) is 3.44. The Balaban J connectivity index is 2.09. The van der Waals surface area contributed by atoms with Gasteiger partial charge in [-0.25, -0.2) is 9.18 Å². The van der Waals surface area contributed by atoms with Crippen LogP contribution in [-0.4, -0.2) is 41.8 Å². The molecule has 0 radical (unpaired) electrons. The number of halogens is 1. The van der Waals surface area contributed by atoms with Crippen LogP contribution >= 0.6 is 0 Å². The molecule has 1 aliphatic rings. The van der Waals surface area contributed by atoms with E-state index in [9.17, 15) is 9.18 Å². The Morgan fingerprint density at radius 1 is 1.73 bits per heavy atom. The molecular formula is C7H10FNO2. The van der Waals surface area contributed by atoms with E-state index in [4.69, 9.17) is 5.11 Å². The van der Waals surface area contributed by atoms with Crippen LogP contribution in [0.2, 0.25) is 0 Å². The third kappa shape index (κ3) is 2.67. The van der Waals surface area contributed by atoms with Crippen molar-refractivity contribution in [1.29, 1.82) is 0 Å². The van der Waals surface area contributed by atoms with E-state index in [2.05, 4.69) is 0 Å². The van der Waals surface area contributed by atoms with Crippen molar-refractivity contribution < 1.29 is 14.3 Å². The van der Waals surface area contributed by atoms with Crippen molar-refractivity contribution in [2.24, 2.45) is 0 Å². The van der Waals surface area contributed by atoms with E-state index in [1.807, 2.05) is 4.90 Å². The minimum absolute atomic E-state index is 0.434. The molecule has 0 unspecified atom stereocenters. The molecule has 0 amide bonds. The molecule has 4 heteroatoms. The molecule has 62 valence electrons. The second-order valence-corrected chi connectivity index (χ2v) is 2.56. The van der Waals surface area contributed by atoms with E-state index >= 15 is 0 Å². The van der Waals surface area contributed by atoms with Gasteiger partial charge in [-0.15, -0.1) is 0 Å². The van der Waals surface area contributed by atoms with E-state index in [1.165, 1.54) is 6.08 Å². The lowest BCUT2D eigenvalue weighted by Gasteiger charge is -2.32. The van der Waals surface area contributed by atoms with Crippen molar-refractivity contribution in [3.63, 3.8) is 0 Å². The lowest BCUT2D eigenvalue weighted by molar-refractivity contribution is -0.131. The van der Waals surface area contributed by atoms with Crippen LogP contribution < -0.4 is 0 Å². The molecule has 0 bridgehead atoms. The Kier molecular flexibility index (Phi) is 2.59. The maximum absolute atomic E-state index is 12.2. The summed E-state index contributed by atoms with van der Waals surface area (Å²) in [5, 5.41) is 8.19. The predicted octanol–water partition coefficient (Wildman–Crippen LogP) is 0.281. The molecular weight excluding hydrogens is 149 g/mol. The molecule has 0 aromatic rings. The van der Waals surface area contributed by atoms with Gasteiger partial charge >= 0.3 is 5.97 Å². The summed E-state index contributed by atoms with van der Waals surface area (Å²) in [5.41, 5.74) is 0. The van der Waals surface area contributed by atoms with Crippen LogP contribution in [0, 0.1) is 0 Å². The van der Waals surface area contributed by atoms with Crippen LogP contribution in [0.3, 0.4) is 0 Å². The molecule has 0 spiro atoms. The Hall–Kier alpha value is -0.900. The Bertz CT molecular complexity index is 175. The Morgan fingerprint density at radius 3 is 2.82 bits per heavy atom. The molecule has 0 aromatic carbocycles. The SMILES string of the molecule is O=C(O)C=CCN1CC(F)C1. The van der Waals surface area contributed by atoms with Gasteiger partial charge in [0.15, 0.2) is 0 Å². The molecule has 11 heavy (non-hydrogen) atoms. The van der Waals surface area contributed by atoms with Crippen LogP contribution in [0.4, 0.5) is 4.39 Å². The predicted molar refractivity (Wildman–Crippen MR) is 38.1 cm³/mol. The first kappa shape index (κ1) is 8.20. The highest BCUT2D eigenvalue weighted by molar-refractivity contribution is 5.79. The second kappa shape index (κ2) is 3.48. The van der Waals surface area contributed by atoms with Gasteiger partial charge in [0.05, 0.1) is 0 Å². The summed E-state index contributed by atoms with van der Waals surface area (Å²) in [6.45, 7) is 1.40. The third-order valence-corrected chi connectivity index (χ3v) is 1.54. The standard InChI is InChI=1S/C7H10FNO2/c8-6-4-9(5-6)3-1-2-7(10)11/h1-2,6H,3-5H2,(H,10,11). The first-order valence-corrected chi connectivity index (χ1v) is 3.44. The van der Waals surface area contributed by atoms with Gasteiger partial charge in [-0.3, -0.25) is 4.90 Å². The molecule has 0 aromatic heterocycles. The molecule has 0 atom stereocenters. The van der Waals surface area contributed by atoms with Crippen molar-refractivity contribution >= 4 is 5.97 Å². The van der Waals surface area contributed by atoms with Gasteiger partial charge in [0.1, 0.15) is 6.17 Å². The van der Waals surface area contributed by atoms with Crippen LogP contribution in [-0.2, 0) is 4.79 Å². The van der Waals surface area contributed by atoms with Gasteiger partial charge in [0.25, 0.3) is 0 Å². The number of nitrogens with zero attached hydrogens (tertiary/aromatic N) is 1. The van der Waals surface area contributed by atoms with Crippen molar-refractivity contribution in [2.45, 2.75) is 6.17 Å². The zero-order chi connectivity index (χ0) is 8.27. The molecule has 3 nitrogen and oxygen atoms in total. The third-order valence-electron chi connectivity index (χ3n) is 1.54. The number of alkyl halides is 1. The fourth-order valence-corrected chi connectivity index (χ4v) is 0.959. The summed E-state index contributed by atoms with van der Waals surface area (Å²) >= 11 is 0. The number of likely N-dealkylation sites (tertiary alicyclic amines) is 1. The molecule has 0 aliphatic carbocycles. The fraction of sp³-hybridized carbons (Fsp3) is 0.571. The van der Waals surface area contributed by atoms with Crippen LogP contribution in [0.5, 0.6) is 0 Å². The average Bonchev–Trinajstić information content (AvgIpc) is 1.83. The largest absolute Gasteiger partial charge is 0.478 e. The van der Waals surface area contributed by atoms with Crippen LogP contribution in [0.1, 0.15) is 0 Å². The number of hydrogen-bond acceptors (Lipinski definition) is 2. The number of carboxylic acid groups (broad SMARTS) is 1. The van der Waals surface area contributed by atoms with Crippen molar-refractivity contribution in [1.82, 2.24) is 4.90 Å². The monoisotopic (exact) mass is 159 g/mol. The topological polar surface area (TPSA) is 40.5 Å². The highest BCUT2D eigenvalue weighted by Gasteiger charge is 2.24. The molecule has 1 N–H and O–H groups in total. The van der Waals surface area contributed by atoms with Gasteiger partial charge in [0.2, 0.25) is 0 Å². The maximum Gasteiger partial charge on any atom is 0.328 e. The van der Waals surface area contributed by atoms with Crippen molar-refractivity contribution in [2.75, 3.05) is 19.6 Å². The van der Waals surface area contributed by atoms with Gasteiger partial charge in [-0.2, -0.15) is 0 Å². The van der Waals surface area contributed by atoms with Crippen molar-refractivity contribution in [3.05, 3.63) is 12.2 Å². The van der Waals surface area contributed by atoms with E-state index in [0.29, 0.717) is 19.6 Å². The number of carbonyl (C=O) groups is 1. The highest BCUT2D eigenvalue weighted by atomic mass is 19.1. The zero-order valence-electron chi connectivity index (χ0n) is 6.03. The van der Waals surface area contributed by atoms with E-state index in [1.54, 1.807) is 0 Å². The summed E-state index contributed by atoms with van der Waals surface area (Å²) in [7, 11) is 0. The number of carboxylic acids is 1. The molecule has 1 aliphatic heterocycles. The van der Waals surface area contributed by atoms with Crippen LogP contribution in [0.15, 0.2) is 12.2 Å². The first-order chi connectivity index (χ1) is 5.18. The van der Waals surface area contributed by atoms with E-state index in [-0.39, 0.29) is 0 Å². The fourth-order valence-electron chi connectivity index (χ4n) is 0.959. The minimum atomic E-state index is -0.956. The summed E-state index contributed by atoms with van der Waals surface area (Å²) in [5.74, 6) is -0.956. The lowest BCUT2D eigenvalue weighted by atomic mass is 10.2. The summed E-state index contributed by atoms with van der Waals surface area (Å²) in [4.78, 5) is 11.8. The molecule has 0 saturated carbocycles. The lowest BCUT2D eigenvalue weighted by Crippen LogP contribution is -2.48. The van der Waals surface area contributed by atoms with E-state index < -0.39 is 12.1 Å². The molecule has 1 saturated heterocycles. The minimum Gasteiger partial charge on any atom is -0.478 e. The smallest absolute Gasteiger partial charge is 0.328 e. The normalized spacial score (nSPS) is 20.5. The molecule has 1 heterocycles. The summed E-state index contributed by atoms with van der Waals surface area (Å²) in [6, 6.07) is 0. The number of hydrogen-bond donors (Lipinski definition) is 1.